The second kappa shape index (κ2) is 33.3. The maximum Gasteiger partial charge on any atom is 0.303 e. The van der Waals surface area contributed by atoms with E-state index in [1.165, 1.54) is 20.8 Å². The van der Waals surface area contributed by atoms with E-state index in [9.17, 15) is 39.3 Å². The lowest BCUT2D eigenvalue weighted by atomic mass is 10.0. The molecule has 0 fully saturated rings. The van der Waals surface area contributed by atoms with E-state index in [1.54, 1.807) is 60.8 Å². The number of benzene rings is 4. The van der Waals surface area contributed by atoms with E-state index in [1.807, 2.05) is 39.0 Å². The second-order valence-corrected chi connectivity index (χ2v) is 20.2. The lowest BCUT2D eigenvalue weighted by Gasteiger charge is -2.21. The van der Waals surface area contributed by atoms with Crippen LogP contribution in [0, 0.1) is 0 Å². The molecule has 0 spiro atoms. The SMILES string of the molecule is CCCc1c(SCCCOc2ccc(C(C)=O)c(OCCCC(=O)O)c2CCC)ccc(C(C)=O)c1O.CCCc1c(SCCCOc2ccc(C(C)O)c(OCCCC(=O)O)c2CCC)ccc(C(C)=O)c1O. The van der Waals surface area contributed by atoms with Crippen LogP contribution in [0.4, 0.5) is 0 Å². The first-order chi connectivity index (χ1) is 35.4. The highest BCUT2D eigenvalue weighted by Crippen LogP contribution is 2.39. The first-order valence-corrected chi connectivity index (χ1v) is 27.8. The second-order valence-electron chi connectivity index (χ2n) is 17.9. The summed E-state index contributed by atoms with van der Waals surface area (Å²) >= 11 is 3.27. The fourth-order valence-electron chi connectivity index (χ4n) is 8.12. The summed E-state index contributed by atoms with van der Waals surface area (Å²) in [6.07, 6.45) is 7.76. The number of aliphatic hydroxyl groups excluding tert-OH is 1. The van der Waals surface area contributed by atoms with Gasteiger partial charge in [0.2, 0.25) is 0 Å². The van der Waals surface area contributed by atoms with E-state index in [0.29, 0.717) is 97.0 Å². The van der Waals surface area contributed by atoms with Crippen LogP contribution in [0.1, 0.15) is 185 Å². The van der Waals surface area contributed by atoms with Gasteiger partial charge in [-0.2, -0.15) is 0 Å². The molecule has 16 heteroatoms. The molecule has 5 N–H and O–H groups in total. The largest absolute Gasteiger partial charge is 0.507 e. The highest BCUT2D eigenvalue weighted by atomic mass is 32.2. The molecule has 4 aromatic carbocycles. The van der Waals surface area contributed by atoms with Gasteiger partial charge in [0.25, 0.3) is 0 Å². The molecule has 0 heterocycles. The lowest BCUT2D eigenvalue weighted by Crippen LogP contribution is -2.10. The molecule has 0 radical (unpaired) electrons. The minimum atomic E-state index is -0.883. The Morgan fingerprint density at radius 2 is 0.851 bits per heavy atom. The third-order valence-corrected chi connectivity index (χ3v) is 14.1. The van der Waals surface area contributed by atoms with Crippen LogP contribution in [-0.4, -0.2) is 92.8 Å². The average Bonchev–Trinajstić information content (AvgIpc) is 3.34. The Kier molecular flexibility index (Phi) is 28.1. The summed E-state index contributed by atoms with van der Waals surface area (Å²) in [4.78, 5) is 59.4. The minimum absolute atomic E-state index is 0.00158. The Hall–Kier alpha value is -5.71. The fraction of sp³-hybridized carbons (Fsp3) is 0.500. The molecule has 14 nitrogen and oxygen atoms in total. The molecule has 4 rings (SSSR count). The average molecular weight is 1060 g/mol. The van der Waals surface area contributed by atoms with Gasteiger partial charge in [-0.25, -0.2) is 0 Å². The van der Waals surface area contributed by atoms with E-state index >= 15 is 0 Å². The third-order valence-electron chi connectivity index (χ3n) is 11.7. The summed E-state index contributed by atoms with van der Waals surface area (Å²) in [5.41, 5.74) is 5.21. The van der Waals surface area contributed by atoms with Crippen LogP contribution in [0.2, 0.25) is 0 Å². The predicted molar refractivity (Wildman–Crippen MR) is 292 cm³/mol. The smallest absolute Gasteiger partial charge is 0.303 e. The lowest BCUT2D eigenvalue weighted by molar-refractivity contribution is -0.138. The van der Waals surface area contributed by atoms with Gasteiger partial charge in [-0.15, -0.1) is 23.5 Å². The summed E-state index contributed by atoms with van der Waals surface area (Å²) in [5.74, 6) is 2.01. The topological polar surface area (TPSA) is 223 Å². The maximum absolute atomic E-state index is 12.2. The Labute approximate surface area is 445 Å². The van der Waals surface area contributed by atoms with Crippen molar-refractivity contribution >= 4 is 52.8 Å². The van der Waals surface area contributed by atoms with Crippen molar-refractivity contribution in [1.82, 2.24) is 0 Å². The number of carbonyl (C=O) groups is 5. The van der Waals surface area contributed by atoms with Gasteiger partial charge in [0.05, 0.1) is 49.2 Å². The van der Waals surface area contributed by atoms with Gasteiger partial charge in [-0.3, -0.25) is 24.0 Å². The van der Waals surface area contributed by atoms with Crippen LogP contribution >= 0.6 is 23.5 Å². The quantitative estimate of drug-likeness (QED) is 0.0167. The number of phenolic OH excluding ortho intramolecular Hbond substituents is 2. The normalized spacial score (nSPS) is 11.3. The van der Waals surface area contributed by atoms with Crippen molar-refractivity contribution in [3.63, 3.8) is 0 Å². The predicted octanol–water partition coefficient (Wildman–Crippen LogP) is 12.9. The number of rotatable bonds is 34. The zero-order chi connectivity index (χ0) is 54.7. The van der Waals surface area contributed by atoms with E-state index < -0.39 is 18.0 Å². The molecule has 0 aromatic heterocycles. The number of ketones is 3. The number of aromatic hydroxyl groups is 2. The molecule has 1 unspecified atom stereocenters. The van der Waals surface area contributed by atoms with Gasteiger partial charge in [-0.1, -0.05) is 53.4 Å². The number of hydrogen-bond donors (Lipinski definition) is 5. The van der Waals surface area contributed by atoms with E-state index in [4.69, 9.17) is 29.2 Å². The molecule has 1 atom stereocenters. The zero-order valence-electron chi connectivity index (χ0n) is 44.6. The third kappa shape index (κ3) is 19.5. The molecule has 4 aromatic rings. The van der Waals surface area contributed by atoms with Crippen LogP contribution in [0.25, 0.3) is 0 Å². The van der Waals surface area contributed by atoms with E-state index in [2.05, 4.69) is 6.92 Å². The minimum Gasteiger partial charge on any atom is -0.507 e. The Bertz CT molecular complexity index is 2480. The Morgan fingerprint density at radius 1 is 0.486 bits per heavy atom. The number of hydrogen-bond acceptors (Lipinski definition) is 14. The van der Waals surface area contributed by atoms with Gasteiger partial charge < -0.3 is 44.5 Å². The molecular weight excluding hydrogens is 985 g/mol. The van der Waals surface area contributed by atoms with Gasteiger partial charge in [0.15, 0.2) is 17.3 Å². The summed E-state index contributed by atoms with van der Waals surface area (Å²) < 4.78 is 24.1. The summed E-state index contributed by atoms with van der Waals surface area (Å²) in [5, 5.41) is 49.2. The summed E-state index contributed by atoms with van der Waals surface area (Å²) in [6.45, 7) is 15.7. The van der Waals surface area contributed by atoms with Crippen LogP contribution < -0.4 is 18.9 Å². The molecule has 0 aliphatic carbocycles. The molecule has 0 saturated carbocycles. The molecule has 0 amide bonds. The number of Topliss-reactive ketones (excluding diaryl/α,β-unsaturated/α-hetero) is 3. The molecule has 0 saturated heterocycles. The van der Waals surface area contributed by atoms with Gasteiger partial charge in [0.1, 0.15) is 34.5 Å². The van der Waals surface area contributed by atoms with Gasteiger partial charge >= 0.3 is 11.9 Å². The van der Waals surface area contributed by atoms with Crippen molar-refractivity contribution in [1.29, 1.82) is 0 Å². The highest BCUT2D eigenvalue weighted by Gasteiger charge is 2.22. The number of aliphatic carboxylic acids is 2. The van der Waals surface area contributed by atoms with Crippen molar-refractivity contribution in [3.05, 3.63) is 93.0 Å². The zero-order valence-corrected chi connectivity index (χ0v) is 46.2. The van der Waals surface area contributed by atoms with Crippen LogP contribution in [0.15, 0.2) is 58.3 Å². The highest BCUT2D eigenvalue weighted by molar-refractivity contribution is 7.99. The van der Waals surface area contributed by atoms with Crippen LogP contribution in [-0.2, 0) is 35.3 Å². The molecule has 74 heavy (non-hydrogen) atoms. The first-order valence-electron chi connectivity index (χ1n) is 25.8. The number of aliphatic hydroxyl groups is 1. The Morgan fingerprint density at radius 3 is 1.24 bits per heavy atom. The molecule has 406 valence electrons. The van der Waals surface area contributed by atoms with Gasteiger partial charge in [0, 0.05) is 62.0 Å². The fourth-order valence-corrected chi connectivity index (χ4v) is 10.2. The molecular formula is C58H78O14S2. The Balaban J connectivity index is 0.000000390. The number of phenols is 2. The van der Waals surface area contributed by atoms with E-state index in [0.717, 1.165) is 82.1 Å². The van der Waals surface area contributed by atoms with Gasteiger partial charge in [-0.05, 0) is 128 Å². The van der Waals surface area contributed by atoms with Crippen molar-refractivity contribution in [2.45, 2.75) is 161 Å². The standard InChI is InChI=1S/C29H40O7S.C29H38O7S/c2*1-5-9-23-25(14-12-22(20(4)31)29(23)36-16-7-11-27(32)33)35-17-8-18-37-26-15-13-21(19(3)30)28(34)24(26)10-6-2/h12-15,20,31,34H,5-11,16-18H2,1-4H3,(H,32,33);12-15,34H,5-11,16-18H2,1-4H3,(H,32,33). The first kappa shape index (κ1) is 62.6. The summed E-state index contributed by atoms with van der Waals surface area (Å²) in [6, 6.07) is 14.4. The van der Waals surface area contributed by atoms with Crippen molar-refractivity contribution in [3.8, 4) is 34.5 Å². The van der Waals surface area contributed by atoms with Crippen LogP contribution in [0.3, 0.4) is 0 Å². The summed E-state index contributed by atoms with van der Waals surface area (Å²) in [7, 11) is 0. The van der Waals surface area contributed by atoms with E-state index in [-0.39, 0.29) is 54.9 Å². The van der Waals surface area contributed by atoms with Crippen molar-refractivity contribution in [2.24, 2.45) is 0 Å². The number of carboxylic acid groups (broad SMARTS) is 2. The number of thioether (sulfide) groups is 2. The van der Waals surface area contributed by atoms with Crippen molar-refractivity contribution < 1.29 is 68.5 Å². The molecule has 0 bridgehead atoms. The number of carbonyl (C=O) groups excluding carboxylic acids is 3. The molecule has 0 aliphatic heterocycles. The number of carboxylic acids is 2. The monoisotopic (exact) mass is 1060 g/mol. The van der Waals surface area contributed by atoms with Crippen LogP contribution in [0.5, 0.6) is 34.5 Å². The number of ether oxygens (including phenoxy) is 4. The van der Waals surface area contributed by atoms with Crippen molar-refractivity contribution in [2.75, 3.05) is 37.9 Å². The maximum atomic E-state index is 12.2. The molecule has 0 aliphatic rings.